The maximum Gasteiger partial charge on any atom is 0.391 e. The zero-order valence-corrected chi connectivity index (χ0v) is 10.5. The Balaban J connectivity index is 2.86. The van der Waals surface area contributed by atoms with E-state index in [1.54, 1.807) is 0 Å². The lowest BCUT2D eigenvalue weighted by Crippen LogP contribution is -2.31. The number of hydrogen-bond acceptors (Lipinski definition) is 3. The standard InChI is InChI=1S/C11H16F3N3O/c1-7(2)17-5-4-15-9(10(17)18)16-8(3)6-11(12,13)14/h4-5,7-8H,6H2,1-3H3,(H,15,16). The van der Waals surface area contributed by atoms with Crippen molar-refractivity contribution in [2.24, 2.45) is 0 Å². The van der Waals surface area contributed by atoms with Gasteiger partial charge in [0.2, 0.25) is 0 Å². The van der Waals surface area contributed by atoms with Crippen LogP contribution in [0.25, 0.3) is 0 Å². The van der Waals surface area contributed by atoms with E-state index in [0.29, 0.717) is 0 Å². The van der Waals surface area contributed by atoms with Crippen LogP contribution < -0.4 is 10.9 Å². The van der Waals surface area contributed by atoms with Gasteiger partial charge in [-0.2, -0.15) is 13.2 Å². The van der Waals surface area contributed by atoms with Crippen LogP contribution in [0, 0.1) is 0 Å². The first-order valence-electron chi connectivity index (χ1n) is 5.61. The van der Waals surface area contributed by atoms with Crippen LogP contribution in [0.2, 0.25) is 0 Å². The van der Waals surface area contributed by atoms with Crippen LogP contribution in [0.5, 0.6) is 0 Å². The molecule has 1 aromatic heterocycles. The van der Waals surface area contributed by atoms with Crippen LogP contribution in [-0.4, -0.2) is 21.8 Å². The average molecular weight is 263 g/mol. The van der Waals surface area contributed by atoms with E-state index in [1.807, 2.05) is 13.8 Å². The SMILES string of the molecule is CC(CC(F)(F)F)Nc1nccn(C(C)C)c1=O. The fourth-order valence-corrected chi connectivity index (χ4v) is 1.56. The van der Waals surface area contributed by atoms with Crippen LogP contribution in [-0.2, 0) is 0 Å². The Morgan fingerprint density at radius 1 is 1.39 bits per heavy atom. The summed E-state index contributed by atoms with van der Waals surface area (Å²) in [7, 11) is 0. The zero-order valence-electron chi connectivity index (χ0n) is 10.5. The summed E-state index contributed by atoms with van der Waals surface area (Å²) in [6.07, 6.45) is -2.38. The largest absolute Gasteiger partial charge is 0.391 e. The third kappa shape index (κ3) is 4.05. The van der Waals surface area contributed by atoms with Gasteiger partial charge in [0.05, 0.1) is 6.42 Å². The highest BCUT2D eigenvalue weighted by molar-refractivity contribution is 5.32. The van der Waals surface area contributed by atoms with Crippen LogP contribution >= 0.6 is 0 Å². The molecular formula is C11H16F3N3O. The van der Waals surface area contributed by atoms with E-state index in [0.717, 1.165) is 0 Å². The van der Waals surface area contributed by atoms with Crippen molar-refractivity contribution in [1.29, 1.82) is 0 Å². The number of aromatic nitrogens is 2. The molecule has 0 saturated heterocycles. The van der Waals surface area contributed by atoms with E-state index in [1.165, 1.54) is 23.9 Å². The molecule has 0 aliphatic rings. The van der Waals surface area contributed by atoms with Crippen LogP contribution in [0.3, 0.4) is 0 Å². The quantitative estimate of drug-likeness (QED) is 0.908. The van der Waals surface area contributed by atoms with Gasteiger partial charge in [-0.05, 0) is 20.8 Å². The topological polar surface area (TPSA) is 46.9 Å². The van der Waals surface area contributed by atoms with Crippen LogP contribution in [0.1, 0.15) is 33.2 Å². The molecule has 0 aromatic carbocycles. The molecule has 1 N–H and O–H groups in total. The molecule has 0 fully saturated rings. The summed E-state index contributed by atoms with van der Waals surface area (Å²) in [5.41, 5.74) is -0.415. The number of alkyl halides is 3. The Kier molecular flexibility index (Phi) is 4.37. The Bertz CT molecular complexity index is 454. The zero-order chi connectivity index (χ0) is 13.9. The van der Waals surface area contributed by atoms with E-state index < -0.39 is 24.2 Å². The Morgan fingerprint density at radius 2 is 2.00 bits per heavy atom. The van der Waals surface area contributed by atoms with Crippen molar-refractivity contribution in [3.63, 3.8) is 0 Å². The molecule has 1 atom stereocenters. The molecule has 0 aliphatic heterocycles. The molecule has 18 heavy (non-hydrogen) atoms. The highest BCUT2D eigenvalue weighted by atomic mass is 19.4. The smallest absolute Gasteiger partial charge is 0.363 e. The van der Waals surface area contributed by atoms with Crippen LogP contribution in [0.4, 0.5) is 19.0 Å². The van der Waals surface area contributed by atoms with E-state index in [4.69, 9.17) is 0 Å². The fourth-order valence-electron chi connectivity index (χ4n) is 1.56. The second kappa shape index (κ2) is 5.41. The van der Waals surface area contributed by atoms with Crippen molar-refractivity contribution in [1.82, 2.24) is 9.55 Å². The van der Waals surface area contributed by atoms with E-state index >= 15 is 0 Å². The molecule has 4 nitrogen and oxygen atoms in total. The van der Waals surface area contributed by atoms with E-state index in [-0.39, 0.29) is 11.9 Å². The summed E-state index contributed by atoms with van der Waals surface area (Å²) in [6, 6.07) is -0.966. The van der Waals surface area contributed by atoms with Gasteiger partial charge in [-0.15, -0.1) is 0 Å². The summed E-state index contributed by atoms with van der Waals surface area (Å²) in [5, 5.41) is 2.50. The van der Waals surface area contributed by atoms with Gasteiger partial charge in [0, 0.05) is 24.5 Å². The molecule has 0 bridgehead atoms. The highest BCUT2D eigenvalue weighted by Crippen LogP contribution is 2.22. The van der Waals surface area contributed by atoms with Gasteiger partial charge in [0.25, 0.3) is 5.56 Å². The van der Waals surface area contributed by atoms with Crippen molar-refractivity contribution in [2.75, 3.05) is 5.32 Å². The first kappa shape index (κ1) is 14.5. The number of nitrogens with one attached hydrogen (secondary N) is 1. The second-order valence-electron chi connectivity index (χ2n) is 4.45. The molecule has 7 heteroatoms. The lowest BCUT2D eigenvalue weighted by molar-refractivity contribution is -0.136. The third-order valence-corrected chi connectivity index (χ3v) is 2.35. The second-order valence-corrected chi connectivity index (χ2v) is 4.45. The maximum atomic E-state index is 12.2. The molecule has 0 aliphatic carbocycles. The minimum absolute atomic E-state index is 0.0528. The highest BCUT2D eigenvalue weighted by Gasteiger charge is 2.30. The fraction of sp³-hybridized carbons (Fsp3) is 0.636. The van der Waals surface area contributed by atoms with Crippen molar-refractivity contribution in [3.8, 4) is 0 Å². The Labute approximate surface area is 103 Å². The van der Waals surface area contributed by atoms with Gasteiger partial charge in [-0.1, -0.05) is 0 Å². The number of rotatable bonds is 4. The molecule has 1 heterocycles. The van der Waals surface area contributed by atoms with Crippen molar-refractivity contribution in [3.05, 3.63) is 22.7 Å². The average Bonchev–Trinajstić information content (AvgIpc) is 2.17. The Hall–Kier alpha value is -1.53. The summed E-state index contributed by atoms with van der Waals surface area (Å²) < 4.78 is 37.9. The molecule has 102 valence electrons. The molecular weight excluding hydrogens is 247 g/mol. The van der Waals surface area contributed by atoms with E-state index in [9.17, 15) is 18.0 Å². The monoisotopic (exact) mass is 263 g/mol. The summed E-state index contributed by atoms with van der Waals surface area (Å²) in [6.45, 7) is 4.98. The lowest BCUT2D eigenvalue weighted by atomic mass is 10.2. The molecule has 0 spiro atoms. The first-order chi connectivity index (χ1) is 8.20. The van der Waals surface area contributed by atoms with Crippen molar-refractivity contribution >= 4 is 5.82 Å². The van der Waals surface area contributed by atoms with Crippen molar-refractivity contribution in [2.45, 2.75) is 45.5 Å². The van der Waals surface area contributed by atoms with Gasteiger partial charge in [-0.25, -0.2) is 4.98 Å². The van der Waals surface area contributed by atoms with Gasteiger partial charge in [-0.3, -0.25) is 4.79 Å². The summed E-state index contributed by atoms with van der Waals surface area (Å²) in [5.74, 6) is -0.0528. The number of hydrogen-bond donors (Lipinski definition) is 1. The minimum Gasteiger partial charge on any atom is -0.363 e. The number of halogens is 3. The molecule has 1 aromatic rings. The summed E-state index contributed by atoms with van der Waals surface area (Å²) >= 11 is 0. The molecule has 0 amide bonds. The minimum atomic E-state index is -4.27. The normalized spacial score (nSPS) is 13.7. The van der Waals surface area contributed by atoms with E-state index in [2.05, 4.69) is 10.3 Å². The number of nitrogens with zero attached hydrogens (tertiary/aromatic N) is 2. The Morgan fingerprint density at radius 3 is 2.50 bits per heavy atom. The third-order valence-electron chi connectivity index (χ3n) is 2.35. The predicted molar refractivity (Wildman–Crippen MR) is 62.6 cm³/mol. The number of anilines is 1. The molecule has 0 saturated carbocycles. The molecule has 0 radical (unpaired) electrons. The van der Waals surface area contributed by atoms with Gasteiger partial charge in [0.15, 0.2) is 5.82 Å². The first-order valence-corrected chi connectivity index (χ1v) is 5.61. The maximum absolute atomic E-state index is 12.2. The molecule has 1 unspecified atom stereocenters. The van der Waals surface area contributed by atoms with Gasteiger partial charge < -0.3 is 9.88 Å². The van der Waals surface area contributed by atoms with Crippen LogP contribution in [0.15, 0.2) is 17.2 Å². The van der Waals surface area contributed by atoms with Gasteiger partial charge in [0.1, 0.15) is 0 Å². The van der Waals surface area contributed by atoms with Gasteiger partial charge >= 0.3 is 6.18 Å². The molecule has 1 rings (SSSR count). The van der Waals surface area contributed by atoms with Crippen molar-refractivity contribution < 1.29 is 13.2 Å². The lowest BCUT2D eigenvalue weighted by Gasteiger charge is -2.17. The summed E-state index contributed by atoms with van der Waals surface area (Å²) in [4.78, 5) is 15.6. The predicted octanol–water partition coefficient (Wildman–Crippen LogP) is 2.58.